The lowest BCUT2D eigenvalue weighted by Gasteiger charge is -2.09. The number of hydrogen-bond acceptors (Lipinski definition) is 5. The topological polar surface area (TPSA) is 95.4 Å². The van der Waals surface area contributed by atoms with Gasteiger partial charge >= 0.3 is 5.95 Å². The van der Waals surface area contributed by atoms with E-state index in [1.54, 1.807) is 25.1 Å². The fourth-order valence-corrected chi connectivity index (χ4v) is 3.20. The van der Waals surface area contributed by atoms with Gasteiger partial charge in [-0.1, -0.05) is 53.7 Å². The second kappa shape index (κ2) is 6.46. The number of aromatic nitrogens is 1. The molecule has 6 nitrogen and oxygen atoms in total. The lowest BCUT2D eigenvalue weighted by Crippen LogP contribution is -2.13. The van der Waals surface area contributed by atoms with Crippen LogP contribution in [0.15, 0.2) is 64.0 Å². The molecule has 0 unspecified atom stereocenters. The van der Waals surface area contributed by atoms with Gasteiger partial charge in [-0.25, -0.2) is 13.6 Å². The molecule has 7 heteroatoms. The average molecular weight is 344 g/mol. The van der Waals surface area contributed by atoms with Gasteiger partial charge in [0.05, 0.1) is 17.1 Å². The molecule has 1 heterocycles. The van der Waals surface area contributed by atoms with Crippen LogP contribution in [0.25, 0.3) is 22.4 Å². The molecule has 0 atom stereocenters. The number of nitrogens with zero attached hydrogens (tertiary/aromatic N) is 1. The van der Waals surface area contributed by atoms with E-state index in [0.717, 1.165) is 5.56 Å². The molecule has 0 saturated heterocycles. The molecule has 0 aliphatic heterocycles. The quantitative estimate of drug-likeness (QED) is 0.767. The van der Waals surface area contributed by atoms with E-state index in [9.17, 15) is 8.42 Å². The first-order valence-electron chi connectivity index (χ1n) is 7.32. The van der Waals surface area contributed by atoms with Crippen LogP contribution < -0.4 is 9.88 Å². The minimum Gasteiger partial charge on any atom is -0.464 e. The zero-order valence-corrected chi connectivity index (χ0v) is 13.8. The van der Waals surface area contributed by atoms with Gasteiger partial charge in [0.15, 0.2) is 0 Å². The van der Waals surface area contributed by atoms with Crippen molar-refractivity contribution < 1.29 is 17.7 Å². The summed E-state index contributed by atoms with van der Waals surface area (Å²) in [5, 5.41) is 9.43. The Morgan fingerprint density at radius 2 is 1.75 bits per heavy atom. The Morgan fingerprint density at radius 3 is 2.42 bits per heavy atom. The molecule has 0 amide bonds. The van der Waals surface area contributed by atoms with Gasteiger partial charge in [-0.2, -0.15) is 0 Å². The van der Waals surface area contributed by atoms with E-state index in [-0.39, 0.29) is 10.8 Å². The van der Waals surface area contributed by atoms with Crippen molar-refractivity contribution in [3.63, 3.8) is 0 Å². The van der Waals surface area contributed by atoms with Crippen LogP contribution in [0.1, 0.15) is 6.92 Å². The van der Waals surface area contributed by atoms with Crippen molar-refractivity contribution in [1.82, 2.24) is 5.16 Å². The lowest BCUT2D eigenvalue weighted by molar-refractivity contribution is 0.227. The Morgan fingerprint density at radius 1 is 1.08 bits per heavy atom. The van der Waals surface area contributed by atoms with Crippen LogP contribution in [0.5, 0.6) is 5.95 Å². The van der Waals surface area contributed by atoms with Crippen LogP contribution >= 0.6 is 0 Å². The third kappa shape index (κ3) is 3.04. The predicted molar refractivity (Wildman–Crippen MR) is 89.9 cm³/mol. The van der Waals surface area contributed by atoms with Crippen molar-refractivity contribution in [1.29, 1.82) is 0 Å². The van der Waals surface area contributed by atoms with Crippen molar-refractivity contribution in [2.75, 3.05) is 6.61 Å². The van der Waals surface area contributed by atoms with Crippen LogP contribution in [0.4, 0.5) is 0 Å². The van der Waals surface area contributed by atoms with Gasteiger partial charge in [0.25, 0.3) is 0 Å². The Kier molecular flexibility index (Phi) is 4.37. The Hall–Kier alpha value is -2.64. The Balaban J connectivity index is 2.30. The fraction of sp³-hybridized carbons (Fsp3) is 0.118. The van der Waals surface area contributed by atoms with E-state index in [1.807, 2.05) is 30.3 Å². The van der Waals surface area contributed by atoms with Crippen LogP contribution in [0.3, 0.4) is 0 Å². The molecule has 0 radical (unpaired) electrons. The lowest BCUT2D eigenvalue weighted by atomic mass is 10.0. The van der Waals surface area contributed by atoms with Crippen molar-refractivity contribution >= 4 is 10.0 Å². The summed E-state index contributed by atoms with van der Waals surface area (Å²) < 4.78 is 34.7. The number of rotatable bonds is 5. The van der Waals surface area contributed by atoms with Crippen molar-refractivity contribution in [2.45, 2.75) is 11.8 Å². The number of sulfonamides is 1. The molecule has 0 bridgehead atoms. The molecule has 2 aromatic carbocycles. The summed E-state index contributed by atoms with van der Waals surface area (Å²) in [4.78, 5) is -0.00802. The van der Waals surface area contributed by atoms with Crippen molar-refractivity contribution in [2.24, 2.45) is 5.14 Å². The minimum atomic E-state index is -3.92. The zero-order valence-electron chi connectivity index (χ0n) is 13.0. The predicted octanol–water partition coefficient (Wildman–Crippen LogP) is 3.05. The molecule has 3 rings (SSSR count). The molecule has 0 aliphatic rings. The smallest absolute Gasteiger partial charge is 0.319 e. The first kappa shape index (κ1) is 16.2. The Bertz CT molecular complexity index is 950. The van der Waals surface area contributed by atoms with Gasteiger partial charge in [0, 0.05) is 11.1 Å². The summed E-state index contributed by atoms with van der Waals surface area (Å²) in [6, 6.07) is 15.8. The normalized spacial score (nSPS) is 11.4. The summed E-state index contributed by atoms with van der Waals surface area (Å²) in [7, 11) is -3.92. The molecular formula is C17H16N2O4S. The maximum absolute atomic E-state index is 12.0. The van der Waals surface area contributed by atoms with Gasteiger partial charge in [-0.05, 0) is 13.0 Å². The molecule has 3 aromatic rings. The molecule has 124 valence electrons. The first-order chi connectivity index (χ1) is 11.5. The molecule has 2 N–H and O–H groups in total. The number of benzene rings is 2. The molecule has 24 heavy (non-hydrogen) atoms. The van der Waals surface area contributed by atoms with E-state index >= 15 is 0 Å². The van der Waals surface area contributed by atoms with Crippen LogP contribution in [-0.2, 0) is 10.0 Å². The second-order valence-electron chi connectivity index (χ2n) is 5.03. The van der Waals surface area contributed by atoms with E-state index in [4.69, 9.17) is 14.4 Å². The first-order valence-corrected chi connectivity index (χ1v) is 8.87. The minimum absolute atomic E-state index is 0.00802. The number of nitrogens with two attached hydrogens (primary N) is 1. The SMILES string of the molecule is CCOc1onc(-c2ccccc2)c1-c1ccccc1S(N)(=O)=O. The van der Waals surface area contributed by atoms with Crippen molar-refractivity contribution in [3.8, 4) is 28.3 Å². The standard InChI is InChI=1S/C17H16N2O4S/c1-2-22-17-15(13-10-6-7-11-14(13)24(18,20)21)16(19-23-17)12-8-4-3-5-9-12/h3-11H,2H2,1H3,(H2,18,20,21). The molecule has 0 spiro atoms. The highest BCUT2D eigenvalue weighted by Crippen LogP contribution is 2.41. The van der Waals surface area contributed by atoms with E-state index in [2.05, 4.69) is 5.16 Å². The highest BCUT2D eigenvalue weighted by Gasteiger charge is 2.25. The van der Waals surface area contributed by atoms with Gasteiger partial charge in [0.2, 0.25) is 10.0 Å². The molecule has 0 fully saturated rings. The zero-order chi connectivity index (χ0) is 17.2. The molecule has 0 saturated carbocycles. The highest BCUT2D eigenvalue weighted by atomic mass is 32.2. The summed E-state index contributed by atoms with van der Waals surface area (Å²) in [5.74, 6) is 0.160. The number of primary sulfonamides is 1. The third-order valence-electron chi connectivity index (χ3n) is 3.45. The van der Waals surface area contributed by atoms with Crippen LogP contribution in [0, 0.1) is 0 Å². The van der Waals surface area contributed by atoms with E-state index in [0.29, 0.717) is 23.4 Å². The van der Waals surface area contributed by atoms with Gasteiger partial charge in [-0.3, -0.25) is 0 Å². The van der Waals surface area contributed by atoms with E-state index < -0.39 is 10.0 Å². The van der Waals surface area contributed by atoms with E-state index in [1.165, 1.54) is 6.07 Å². The monoisotopic (exact) mass is 344 g/mol. The Labute approximate surface area is 139 Å². The molecule has 0 aliphatic carbocycles. The van der Waals surface area contributed by atoms with Crippen LogP contribution in [-0.4, -0.2) is 20.2 Å². The molecular weight excluding hydrogens is 328 g/mol. The fourth-order valence-electron chi connectivity index (χ4n) is 2.46. The summed E-state index contributed by atoms with van der Waals surface area (Å²) in [6.07, 6.45) is 0. The van der Waals surface area contributed by atoms with Crippen molar-refractivity contribution in [3.05, 3.63) is 54.6 Å². The largest absolute Gasteiger partial charge is 0.464 e. The highest BCUT2D eigenvalue weighted by molar-refractivity contribution is 7.89. The maximum Gasteiger partial charge on any atom is 0.319 e. The average Bonchev–Trinajstić information content (AvgIpc) is 2.99. The van der Waals surface area contributed by atoms with Gasteiger partial charge in [-0.15, -0.1) is 0 Å². The van der Waals surface area contributed by atoms with Gasteiger partial charge in [0.1, 0.15) is 5.69 Å². The molecule has 1 aromatic heterocycles. The number of hydrogen-bond donors (Lipinski definition) is 1. The van der Waals surface area contributed by atoms with Crippen LogP contribution in [0.2, 0.25) is 0 Å². The summed E-state index contributed by atoms with van der Waals surface area (Å²) >= 11 is 0. The number of ether oxygens (including phenoxy) is 1. The third-order valence-corrected chi connectivity index (χ3v) is 4.42. The van der Waals surface area contributed by atoms with Gasteiger partial charge < -0.3 is 9.26 Å². The summed E-state index contributed by atoms with van der Waals surface area (Å²) in [5.41, 5.74) is 2.14. The summed E-state index contributed by atoms with van der Waals surface area (Å²) in [6.45, 7) is 2.16. The maximum atomic E-state index is 12.0. The second-order valence-corrected chi connectivity index (χ2v) is 6.56.